The number of hydrogen-bond acceptors (Lipinski definition) is 4. The third-order valence-electron chi connectivity index (χ3n) is 4.88. The molecule has 0 N–H and O–H groups in total. The third kappa shape index (κ3) is 5.10. The van der Waals surface area contributed by atoms with E-state index in [2.05, 4.69) is 0 Å². The maximum absolute atomic E-state index is 12.8. The number of hydrogen-bond donors (Lipinski definition) is 0. The Labute approximate surface area is 164 Å². The van der Waals surface area contributed by atoms with Crippen LogP contribution in [0.15, 0.2) is 41.8 Å². The van der Waals surface area contributed by atoms with Gasteiger partial charge in [-0.25, -0.2) is 0 Å². The predicted octanol–water partition coefficient (Wildman–Crippen LogP) is 3.45. The number of ether oxygens (including phenoxy) is 1. The van der Waals surface area contributed by atoms with Crippen LogP contribution in [0.25, 0.3) is 0 Å². The van der Waals surface area contributed by atoms with Gasteiger partial charge in [-0.1, -0.05) is 23.8 Å². The SMILES string of the molecule is Cc1ccc(OCCN(C)C(=O)C2CCCN(C(=O)c3cccs3)C2)cc1. The number of amides is 2. The van der Waals surface area contributed by atoms with Gasteiger partial charge in [0.2, 0.25) is 5.91 Å². The molecule has 1 aliphatic rings. The highest BCUT2D eigenvalue weighted by Crippen LogP contribution is 2.22. The molecule has 1 atom stereocenters. The van der Waals surface area contributed by atoms with Crippen molar-refractivity contribution in [1.82, 2.24) is 9.80 Å². The van der Waals surface area contributed by atoms with Crippen LogP contribution in [0.5, 0.6) is 5.75 Å². The van der Waals surface area contributed by atoms with Gasteiger partial charge in [-0.3, -0.25) is 9.59 Å². The molecule has 0 bridgehead atoms. The summed E-state index contributed by atoms with van der Waals surface area (Å²) in [5.41, 5.74) is 1.19. The second-order valence-corrected chi connectivity index (χ2v) is 7.94. The zero-order valence-corrected chi connectivity index (χ0v) is 16.7. The molecular formula is C21H26N2O3S. The number of benzene rings is 1. The van der Waals surface area contributed by atoms with Crippen molar-refractivity contribution in [1.29, 1.82) is 0 Å². The van der Waals surface area contributed by atoms with Crippen molar-refractivity contribution < 1.29 is 14.3 Å². The van der Waals surface area contributed by atoms with Gasteiger partial charge in [0.1, 0.15) is 12.4 Å². The fourth-order valence-corrected chi connectivity index (χ4v) is 3.97. The van der Waals surface area contributed by atoms with E-state index >= 15 is 0 Å². The van der Waals surface area contributed by atoms with Gasteiger partial charge >= 0.3 is 0 Å². The lowest BCUT2D eigenvalue weighted by Gasteiger charge is -2.33. The van der Waals surface area contributed by atoms with Crippen molar-refractivity contribution in [3.63, 3.8) is 0 Å². The second kappa shape index (κ2) is 9.04. The maximum Gasteiger partial charge on any atom is 0.263 e. The summed E-state index contributed by atoms with van der Waals surface area (Å²) in [5.74, 6) is 0.804. The number of thiophene rings is 1. The number of carbonyl (C=O) groups excluding carboxylic acids is 2. The molecule has 5 nitrogen and oxygen atoms in total. The van der Waals surface area contributed by atoms with E-state index in [1.54, 1.807) is 11.9 Å². The number of carbonyl (C=O) groups is 2. The van der Waals surface area contributed by atoms with Crippen LogP contribution in [0.3, 0.4) is 0 Å². The molecule has 2 aromatic rings. The van der Waals surface area contributed by atoms with Gasteiger partial charge in [-0.05, 0) is 43.3 Å². The number of likely N-dealkylation sites (N-methyl/N-ethyl adjacent to an activating group) is 1. The summed E-state index contributed by atoms with van der Waals surface area (Å²) >= 11 is 1.45. The topological polar surface area (TPSA) is 49.9 Å². The Kier molecular flexibility index (Phi) is 6.50. The minimum atomic E-state index is -0.132. The maximum atomic E-state index is 12.8. The van der Waals surface area contributed by atoms with Crippen molar-refractivity contribution in [2.45, 2.75) is 19.8 Å². The molecule has 0 saturated carbocycles. The molecule has 3 rings (SSSR count). The van der Waals surface area contributed by atoms with Crippen LogP contribution in [-0.2, 0) is 4.79 Å². The molecular weight excluding hydrogens is 360 g/mol. The Balaban J connectivity index is 1.48. The highest BCUT2D eigenvalue weighted by Gasteiger charge is 2.30. The number of nitrogens with zero attached hydrogens (tertiary/aromatic N) is 2. The van der Waals surface area contributed by atoms with E-state index < -0.39 is 0 Å². The van der Waals surface area contributed by atoms with E-state index in [0.29, 0.717) is 19.7 Å². The first-order valence-corrected chi connectivity index (χ1v) is 10.2. The van der Waals surface area contributed by atoms with Crippen molar-refractivity contribution in [2.75, 3.05) is 33.3 Å². The predicted molar refractivity (Wildman–Crippen MR) is 107 cm³/mol. The Morgan fingerprint density at radius 2 is 2.04 bits per heavy atom. The number of piperidine rings is 1. The lowest BCUT2D eigenvalue weighted by atomic mass is 9.96. The summed E-state index contributed by atoms with van der Waals surface area (Å²) in [6.07, 6.45) is 1.69. The molecule has 0 aliphatic carbocycles. The van der Waals surface area contributed by atoms with Crippen LogP contribution >= 0.6 is 11.3 Å². The van der Waals surface area contributed by atoms with Gasteiger partial charge < -0.3 is 14.5 Å². The van der Waals surface area contributed by atoms with E-state index in [9.17, 15) is 9.59 Å². The lowest BCUT2D eigenvalue weighted by Crippen LogP contribution is -2.46. The van der Waals surface area contributed by atoms with Gasteiger partial charge in [0, 0.05) is 20.1 Å². The third-order valence-corrected chi connectivity index (χ3v) is 5.74. The molecule has 1 aromatic carbocycles. The fourth-order valence-electron chi connectivity index (χ4n) is 3.28. The molecule has 27 heavy (non-hydrogen) atoms. The fraction of sp³-hybridized carbons (Fsp3) is 0.429. The summed E-state index contributed by atoms with van der Waals surface area (Å²) in [6.45, 7) is 4.24. The quantitative estimate of drug-likeness (QED) is 0.764. The molecule has 0 spiro atoms. The molecule has 1 aliphatic heterocycles. The Hall–Kier alpha value is -2.34. The van der Waals surface area contributed by atoms with Crippen molar-refractivity contribution in [2.24, 2.45) is 5.92 Å². The van der Waals surface area contributed by atoms with Gasteiger partial charge in [0.15, 0.2) is 0 Å². The highest BCUT2D eigenvalue weighted by atomic mass is 32.1. The van der Waals surface area contributed by atoms with Crippen molar-refractivity contribution >= 4 is 23.2 Å². The first-order valence-electron chi connectivity index (χ1n) is 9.32. The van der Waals surface area contributed by atoms with Gasteiger partial charge in [0.05, 0.1) is 17.3 Å². The van der Waals surface area contributed by atoms with Crippen LogP contribution in [0.2, 0.25) is 0 Å². The minimum Gasteiger partial charge on any atom is -0.492 e. The number of likely N-dealkylation sites (tertiary alicyclic amines) is 1. The highest BCUT2D eigenvalue weighted by molar-refractivity contribution is 7.12. The van der Waals surface area contributed by atoms with E-state index in [4.69, 9.17) is 4.74 Å². The molecule has 1 unspecified atom stereocenters. The van der Waals surface area contributed by atoms with Gasteiger partial charge in [-0.15, -0.1) is 11.3 Å². The minimum absolute atomic E-state index is 0.0351. The Morgan fingerprint density at radius 3 is 2.74 bits per heavy atom. The monoisotopic (exact) mass is 386 g/mol. The molecule has 1 fully saturated rings. The van der Waals surface area contributed by atoms with Crippen molar-refractivity contribution in [3.05, 3.63) is 52.2 Å². The summed E-state index contributed by atoms with van der Waals surface area (Å²) in [4.78, 5) is 29.6. The lowest BCUT2D eigenvalue weighted by molar-refractivity contribution is -0.135. The Bertz CT molecular complexity index is 758. The zero-order valence-electron chi connectivity index (χ0n) is 15.9. The molecule has 0 radical (unpaired) electrons. The summed E-state index contributed by atoms with van der Waals surface area (Å²) in [6, 6.07) is 11.6. The van der Waals surface area contributed by atoms with Crippen LogP contribution in [0.4, 0.5) is 0 Å². The van der Waals surface area contributed by atoms with Crippen LogP contribution in [0, 0.1) is 12.8 Å². The zero-order chi connectivity index (χ0) is 19.2. The molecule has 144 valence electrons. The van der Waals surface area contributed by atoms with E-state index in [1.807, 2.05) is 53.6 Å². The standard InChI is InChI=1S/C21H26N2O3S/c1-16-7-9-18(10-8-16)26-13-12-22(2)20(24)17-5-3-11-23(15-17)21(25)19-6-4-14-27-19/h4,6-10,14,17H,3,5,11-13,15H2,1-2H3. The second-order valence-electron chi connectivity index (χ2n) is 6.99. The van der Waals surface area contributed by atoms with Crippen LogP contribution in [0.1, 0.15) is 28.1 Å². The first kappa shape index (κ1) is 19.4. The average molecular weight is 387 g/mol. The number of rotatable bonds is 6. The molecule has 1 aromatic heterocycles. The van der Waals surface area contributed by atoms with E-state index in [0.717, 1.165) is 30.0 Å². The van der Waals surface area contributed by atoms with E-state index in [-0.39, 0.29) is 17.7 Å². The Morgan fingerprint density at radius 1 is 1.26 bits per heavy atom. The normalized spacial score (nSPS) is 16.8. The van der Waals surface area contributed by atoms with Crippen molar-refractivity contribution in [3.8, 4) is 5.75 Å². The molecule has 1 saturated heterocycles. The average Bonchev–Trinajstić information content (AvgIpc) is 3.23. The summed E-state index contributed by atoms with van der Waals surface area (Å²) in [7, 11) is 1.81. The van der Waals surface area contributed by atoms with Gasteiger partial charge in [-0.2, -0.15) is 0 Å². The number of aryl methyl sites for hydroxylation is 1. The molecule has 2 heterocycles. The summed E-state index contributed by atoms with van der Waals surface area (Å²) < 4.78 is 5.72. The summed E-state index contributed by atoms with van der Waals surface area (Å²) in [5, 5.41) is 1.90. The van der Waals surface area contributed by atoms with Crippen LogP contribution in [-0.4, -0.2) is 54.9 Å². The van der Waals surface area contributed by atoms with Gasteiger partial charge in [0.25, 0.3) is 5.91 Å². The van der Waals surface area contributed by atoms with Crippen LogP contribution < -0.4 is 4.74 Å². The largest absolute Gasteiger partial charge is 0.492 e. The smallest absolute Gasteiger partial charge is 0.263 e. The first-order chi connectivity index (χ1) is 13.0. The van der Waals surface area contributed by atoms with E-state index in [1.165, 1.54) is 16.9 Å². The molecule has 2 amide bonds. The molecule has 6 heteroatoms.